The highest BCUT2D eigenvalue weighted by Gasteiger charge is 2.13. The van der Waals surface area contributed by atoms with Gasteiger partial charge in [0.05, 0.1) is 11.0 Å². The molecular formula is C23H32N4O3. The maximum atomic E-state index is 12.1. The van der Waals surface area contributed by atoms with E-state index in [-0.39, 0.29) is 12.3 Å². The fraction of sp³-hybridized carbons (Fsp3) is 0.435. The Kier molecular flexibility index (Phi) is 7.31. The summed E-state index contributed by atoms with van der Waals surface area (Å²) >= 11 is 0. The summed E-state index contributed by atoms with van der Waals surface area (Å²) in [4.78, 5) is 14.2. The highest BCUT2D eigenvalue weighted by molar-refractivity contribution is 5.76. The van der Waals surface area contributed by atoms with Crippen LogP contribution in [0.5, 0.6) is 5.75 Å². The van der Waals surface area contributed by atoms with E-state index in [1.54, 1.807) is 23.2 Å². The number of fused-ring (bicyclic) bond motifs is 1. The average Bonchev–Trinajstić information content (AvgIpc) is 2.96. The lowest BCUT2D eigenvalue weighted by Gasteiger charge is -2.14. The van der Waals surface area contributed by atoms with Gasteiger partial charge in [-0.3, -0.25) is 9.13 Å². The number of hydrogen-bond acceptors (Lipinski definition) is 5. The molecule has 3 aromatic rings. The van der Waals surface area contributed by atoms with E-state index in [0.717, 1.165) is 48.4 Å². The van der Waals surface area contributed by atoms with E-state index in [1.807, 2.05) is 42.5 Å². The van der Waals surface area contributed by atoms with Crippen LogP contribution in [0.4, 0.5) is 0 Å². The molecule has 0 fully saturated rings. The number of rotatable bonds is 10. The summed E-state index contributed by atoms with van der Waals surface area (Å²) in [6.45, 7) is 3.04. The van der Waals surface area contributed by atoms with E-state index in [2.05, 4.69) is 24.3 Å². The van der Waals surface area contributed by atoms with Gasteiger partial charge in [0, 0.05) is 20.6 Å². The number of benzene rings is 2. The number of hydrogen-bond donors (Lipinski definition) is 2. The zero-order valence-electron chi connectivity index (χ0n) is 18.3. The lowest BCUT2D eigenvalue weighted by Crippen LogP contribution is -2.20. The van der Waals surface area contributed by atoms with Gasteiger partial charge < -0.3 is 20.1 Å². The Labute approximate surface area is 177 Å². The van der Waals surface area contributed by atoms with E-state index in [9.17, 15) is 9.90 Å². The molecule has 0 bridgehead atoms. The van der Waals surface area contributed by atoms with Gasteiger partial charge in [-0.05, 0) is 69.0 Å². The Morgan fingerprint density at radius 2 is 1.77 bits per heavy atom. The quantitative estimate of drug-likeness (QED) is 0.499. The van der Waals surface area contributed by atoms with Gasteiger partial charge in [0.2, 0.25) is 0 Å². The van der Waals surface area contributed by atoms with Crippen LogP contribution in [0.25, 0.3) is 11.0 Å². The van der Waals surface area contributed by atoms with Crippen LogP contribution >= 0.6 is 0 Å². The fourth-order valence-electron chi connectivity index (χ4n) is 3.46. The number of imidazole rings is 1. The molecule has 2 N–H and O–H groups in total. The molecule has 0 unspecified atom stereocenters. The summed E-state index contributed by atoms with van der Waals surface area (Å²) in [5, 5.41) is 14.0. The van der Waals surface area contributed by atoms with Crippen LogP contribution in [0.15, 0.2) is 47.3 Å². The Hall–Kier alpha value is -2.61. The van der Waals surface area contributed by atoms with Gasteiger partial charge in [0.25, 0.3) is 0 Å². The first-order chi connectivity index (χ1) is 14.4. The van der Waals surface area contributed by atoms with E-state index < -0.39 is 6.10 Å². The first-order valence-electron chi connectivity index (χ1n) is 10.3. The molecule has 1 heterocycles. The zero-order chi connectivity index (χ0) is 21.7. The lowest BCUT2D eigenvalue weighted by molar-refractivity contribution is 0.108. The molecule has 0 aliphatic carbocycles. The van der Waals surface area contributed by atoms with Gasteiger partial charge in [-0.1, -0.05) is 18.2 Å². The minimum absolute atomic E-state index is 0.0832. The van der Waals surface area contributed by atoms with Crippen LogP contribution in [0, 0.1) is 0 Å². The van der Waals surface area contributed by atoms with E-state index in [4.69, 9.17) is 4.74 Å². The smallest absolute Gasteiger partial charge is 0.328 e. The van der Waals surface area contributed by atoms with Gasteiger partial charge in [0.15, 0.2) is 0 Å². The van der Waals surface area contributed by atoms with E-state index >= 15 is 0 Å². The van der Waals surface area contributed by atoms with Crippen molar-refractivity contribution in [1.82, 2.24) is 19.4 Å². The number of aliphatic hydroxyl groups excluding tert-OH is 1. The Morgan fingerprint density at radius 1 is 1.07 bits per heavy atom. The van der Waals surface area contributed by atoms with Crippen molar-refractivity contribution in [3.63, 3.8) is 0 Å². The van der Waals surface area contributed by atoms with Crippen LogP contribution in [0.2, 0.25) is 0 Å². The molecule has 7 heteroatoms. The van der Waals surface area contributed by atoms with Crippen LogP contribution in [0.3, 0.4) is 0 Å². The topological polar surface area (TPSA) is 71.7 Å². The van der Waals surface area contributed by atoms with Crippen molar-refractivity contribution in [3.05, 3.63) is 64.1 Å². The predicted molar refractivity (Wildman–Crippen MR) is 120 cm³/mol. The van der Waals surface area contributed by atoms with Crippen molar-refractivity contribution in [2.75, 3.05) is 33.8 Å². The SMILES string of the molecule is CN(C)CCCNCc1ccc(OC[C@H](O)c2ccc3c(c2)n(C)c(=O)n3C)cc1. The second-order valence-corrected chi connectivity index (χ2v) is 7.95. The number of nitrogens with zero attached hydrogens (tertiary/aromatic N) is 3. The minimum atomic E-state index is -0.775. The summed E-state index contributed by atoms with van der Waals surface area (Å²) in [6, 6.07) is 13.5. The number of aryl methyl sites for hydroxylation is 2. The van der Waals surface area contributed by atoms with Crippen LogP contribution in [-0.2, 0) is 20.6 Å². The van der Waals surface area contributed by atoms with Crippen molar-refractivity contribution < 1.29 is 9.84 Å². The summed E-state index contributed by atoms with van der Waals surface area (Å²) in [7, 11) is 7.64. The molecule has 7 nitrogen and oxygen atoms in total. The van der Waals surface area contributed by atoms with Gasteiger partial charge in [-0.2, -0.15) is 0 Å². The van der Waals surface area contributed by atoms with E-state index in [0.29, 0.717) is 0 Å². The Bertz CT molecular complexity index is 1020. The molecule has 162 valence electrons. The largest absolute Gasteiger partial charge is 0.491 e. The number of aliphatic hydroxyl groups is 1. The van der Waals surface area contributed by atoms with Gasteiger partial charge in [-0.25, -0.2) is 4.79 Å². The number of nitrogens with one attached hydrogen (secondary N) is 1. The minimum Gasteiger partial charge on any atom is -0.491 e. The molecule has 0 amide bonds. The molecule has 3 rings (SSSR count). The number of aromatic nitrogens is 2. The predicted octanol–water partition coefficient (Wildman–Crippen LogP) is 2.03. The Morgan fingerprint density at radius 3 is 2.47 bits per heavy atom. The van der Waals surface area contributed by atoms with Crippen molar-refractivity contribution in [1.29, 1.82) is 0 Å². The third-order valence-corrected chi connectivity index (χ3v) is 5.30. The second kappa shape index (κ2) is 9.93. The molecule has 0 saturated heterocycles. The molecular weight excluding hydrogens is 380 g/mol. The molecule has 2 aromatic carbocycles. The normalized spacial score (nSPS) is 12.6. The Balaban J connectivity index is 1.52. The third-order valence-electron chi connectivity index (χ3n) is 5.30. The molecule has 0 radical (unpaired) electrons. The van der Waals surface area contributed by atoms with E-state index in [1.165, 1.54) is 5.56 Å². The monoisotopic (exact) mass is 412 g/mol. The number of ether oxygens (including phenoxy) is 1. The second-order valence-electron chi connectivity index (χ2n) is 7.95. The summed E-state index contributed by atoms with van der Waals surface area (Å²) in [5.41, 5.74) is 3.47. The van der Waals surface area contributed by atoms with Crippen LogP contribution < -0.4 is 15.7 Å². The van der Waals surface area contributed by atoms with Crippen molar-refractivity contribution in [3.8, 4) is 5.75 Å². The molecule has 0 aliphatic heterocycles. The maximum absolute atomic E-state index is 12.1. The highest BCUT2D eigenvalue weighted by Crippen LogP contribution is 2.21. The highest BCUT2D eigenvalue weighted by atomic mass is 16.5. The first kappa shape index (κ1) is 22.1. The standard InChI is InChI=1S/C23H32N4O3/c1-25(2)13-5-12-24-15-17-6-9-19(10-7-17)30-16-22(28)18-8-11-20-21(14-18)27(4)23(29)26(20)3/h6-11,14,22,24,28H,5,12-13,15-16H2,1-4H3/t22-/m0/s1. The lowest BCUT2D eigenvalue weighted by atomic mass is 10.1. The first-order valence-corrected chi connectivity index (χ1v) is 10.3. The van der Waals surface area contributed by atoms with Gasteiger partial charge in [0.1, 0.15) is 18.5 Å². The third kappa shape index (κ3) is 5.30. The van der Waals surface area contributed by atoms with Gasteiger partial charge >= 0.3 is 5.69 Å². The van der Waals surface area contributed by atoms with Gasteiger partial charge in [-0.15, -0.1) is 0 Å². The molecule has 0 aliphatic rings. The summed E-state index contributed by atoms with van der Waals surface area (Å²) in [6.07, 6.45) is 0.345. The van der Waals surface area contributed by atoms with Crippen LogP contribution in [0.1, 0.15) is 23.7 Å². The molecule has 1 aromatic heterocycles. The molecule has 30 heavy (non-hydrogen) atoms. The van der Waals surface area contributed by atoms with Crippen molar-refractivity contribution >= 4 is 11.0 Å². The van der Waals surface area contributed by atoms with Crippen molar-refractivity contribution in [2.45, 2.75) is 19.1 Å². The van der Waals surface area contributed by atoms with Crippen LogP contribution in [-0.4, -0.2) is 52.9 Å². The zero-order valence-corrected chi connectivity index (χ0v) is 18.3. The molecule has 1 atom stereocenters. The maximum Gasteiger partial charge on any atom is 0.328 e. The molecule has 0 spiro atoms. The summed E-state index contributed by atoms with van der Waals surface area (Å²) in [5.74, 6) is 0.721. The average molecular weight is 413 g/mol. The van der Waals surface area contributed by atoms with Crippen molar-refractivity contribution in [2.24, 2.45) is 14.1 Å². The fourth-order valence-corrected chi connectivity index (χ4v) is 3.46. The molecule has 0 saturated carbocycles. The summed E-state index contributed by atoms with van der Waals surface area (Å²) < 4.78 is 8.95.